The molecule has 0 N–H and O–H groups in total. The first kappa shape index (κ1) is 33.2. The van der Waals surface area contributed by atoms with Crippen LogP contribution in [0.5, 0.6) is 0 Å². The molecule has 0 spiro atoms. The summed E-state index contributed by atoms with van der Waals surface area (Å²) in [6.45, 7) is 0.207. The molecule has 0 aromatic carbocycles. The van der Waals surface area contributed by atoms with E-state index in [1.165, 1.54) is 34.1 Å². The van der Waals surface area contributed by atoms with Gasteiger partial charge in [-0.3, -0.25) is 9.59 Å². The standard InChI is InChI=1S/C29H18Cl2F6N8O2S2/c30-22-4-2-18(48-22)14-10-20(28(32,33)34)44-24(38-14)12-16(40-44)26(46)42-6-1-7-43(9-8-42)27(47)17-13-25-39-15(19-3-5-23(31)49-19)11-21(29(35,36)37)45(25)41-17/h2-5,10-13H,1,6-9H2. The largest absolute Gasteiger partial charge is 0.433 e. The zero-order chi connectivity index (χ0) is 34.8. The maximum atomic E-state index is 14.0. The quantitative estimate of drug-likeness (QED) is 0.172. The number of nitrogens with zero attached hydrogens (tertiary/aromatic N) is 8. The Kier molecular flexibility index (Phi) is 8.32. The molecule has 0 saturated carbocycles. The van der Waals surface area contributed by atoms with Crippen LogP contribution >= 0.6 is 45.9 Å². The Balaban J connectivity index is 1.13. The van der Waals surface area contributed by atoms with Crippen molar-refractivity contribution in [3.8, 4) is 21.1 Å². The number of carbonyl (C=O) groups excluding carboxylic acids is 2. The van der Waals surface area contributed by atoms with Gasteiger partial charge in [-0.25, -0.2) is 19.0 Å². The van der Waals surface area contributed by atoms with Gasteiger partial charge in [0.1, 0.15) is 0 Å². The molecule has 20 heteroatoms. The molecule has 49 heavy (non-hydrogen) atoms. The monoisotopic (exact) mass is 758 g/mol. The molecular formula is C29H18Cl2F6N8O2S2. The third-order valence-electron chi connectivity index (χ3n) is 7.60. The molecule has 6 aromatic rings. The Bertz CT molecular complexity index is 2100. The number of carbonyl (C=O) groups is 2. The van der Waals surface area contributed by atoms with Gasteiger partial charge >= 0.3 is 12.4 Å². The molecule has 10 nitrogen and oxygen atoms in total. The van der Waals surface area contributed by atoms with Crippen LogP contribution in [0.25, 0.3) is 32.4 Å². The fourth-order valence-electron chi connectivity index (χ4n) is 5.37. The number of halogens is 8. The lowest BCUT2D eigenvalue weighted by molar-refractivity contribution is -0.143. The van der Waals surface area contributed by atoms with E-state index < -0.39 is 35.6 Å². The van der Waals surface area contributed by atoms with Gasteiger partial charge in [0.15, 0.2) is 34.1 Å². The normalized spacial score (nSPS) is 14.6. The third-order valence-corrected chi connectivity index (χ3v) is 10.1. The van der Waals surface area contributed by atoms with Crippen LogP contribution in [-0.2, 0) is 12.4 Å². The number of hydrogen-bond acceptors (Lipinski definition) is 8. The third kappa shape index (κ3) is 6.44. The van der Waals surface area contributed by atoms with Crippen LogP contribution in [0.1, 0.15) is 38.8 Å². The summed E-state index contributed by atoms with van der Waals surface area (Å²) in [5, 5.41) is 7.86. The van der Waals surface area contributed by atoms with Crippen molar-refractivity contribution in [1.82, 2.24) is 39.0 Å². The highest BCUT2D eigenvalue weighted by molar-refractivity contribution is 7.19. The van der Waals surface area contributed by atoms with Crippen molar-refractivity contribution in [1.29, 1.82) is 0 Å². The van der Waals surface area contributed by atoms with Crippen LogP contribution < -0.4 is 0 Å². The first-order valence-electron chi connectivity index (χ1n) is 14.2. The van der Waals surface area contributed by atoms with Gasteiger partial charge in [0, 0.05) is 38.3 Å². The second-order valence-corrected chi connectivity index (χ2v) is 14.2. The number of fused-ring (bicyclic) bond motifs is 2. The van der Waals surface area contributed by atoms with E-state index in [9.17, 15) is 35.9 Å². The Labute approximate surface area is 289 Å². The molecule has 6 aromatic heterocycles. The van der Waals surface area contributed by atoms with Gasteiger partial charge in [0.05, 0.1) is 29.8 Å². The number of aromatic nitrogens is 6. The predicted octanol–water partition coefficient (Wildman–Crippen LogP) is 7.56. The van der Waals surface area contributed by atoms with E-state index in [4.69, 9.17) is 23.2 Å². The van der Waals surface area contributed by atoms with E-state index >= 15 is 0 Å². The highest BCUT2D eigenvalue weighted by Gasteiger charge is 2.38. The van der Waals surface area contributed by atoms with Gasteiger partial charge in [0.25, 0.3) is 11.8 Å². The molecule has 1 fully saturated rings. The molecule has 2 amide bonds. The molecule has 1 aliphatic heterocycles. The maximum Gasteiger partial charge on any atom is 0.433 e. The Hall–Kier alpha value is -4.26. The lowest BCUT2D eigenvalue weighted by Gasteiger charge is -2.21. The molecule has 7 heterocycles. The predicted molar refractivity (Wildman–Crippen MR) is 169 cm³/mol. The summed E-state index contributed by atoms with van der Waals surface area (Å²) >= 11 is 14.0. The summed E-state index contributed by atoms with van der Waals surface area (Å²) in [5.41, 5.74) is -3.22. The summed E-state index contributed by atoms with van der Waals surface area (Å²) in [7, 11) is 0. The highest BCUT2D eigenvalue weighted by Crippen LogP contribution is 2.37. The fourth-order valence-corrected chi connectivity index (χ4v) is 7.37. The minimum atomic E-state index is -4.82. The number of rotatable bonds is 4. The first-order valence-corrected chi connectivity index (χ1v) is 16.6. The van der Waals surface area contributed by atoms with Gasteiger partial charge in [-0.2, -0.15) is 36.5 Å². The van der Waals surface area contributed by atoms with Crippen molar-refractivity contribution in [3.63, 3.8) is 0 Å². The van der Waals surface area contributed by atoms with Crippen molar-refractivity contribution in [2.75, 3.05) is 26.2 Å². The molecule has 0 unspecified atom stereocenters. The minimum absolute atomic E-state index is 0.0104. The molecule has 0 radical (unpaired) electrons. The molecule has 254 valence electrons. The number of hydrogen-bond donors (Lipinski definition) is 0. The van der Waals surface area contributed by atoms with E-state index in [0.29, 0.717) is 27.5 Å². The lowest BCUT2D eigenvalue weighted by Crippen LogP contribution is -2.37. The summed E-state index contributed by atoms with van der Waals surface area (Å²) in [6, 6.07) is 10.1. The Morgan fingerprint density at radius 3 is 1.39 bits per heavy atom. The zero-order valence-corrected chi connectivity index (χ0v) is 27.5. The molecule has 0 atom stereocenters. The van der Waals surface area contributed by atoms with Crippen molar-refractivity contribution in [2.45, 2.75) is 18.8 Å². The Morgan fingerprint density at radius 2 is 1.04 bits per heavy atom. The first-order chi connectivity index (χ1) is 23.2. The van der Waals surface area contributed by atoms with Gasteiger partial charge in [-0.05, 0) is 42.8 Å². The van der Waals surface area contributed by atoms with Gasteiger partial charge in [-0.1, -0.05) is 23.2 Å². The van der Waals surface area contributed by atoms with Crippen molar-refractivity contribution >= 4 is 69.0 Å². The average Bonchev–Trinajstić information content (AvgIpc) is 3.82. The molecule has 0 aliphatic carbocycles. The second-order valence-electron chi connectivity index (χ2n) is 10.8. The van der Waals surface area contributed by atoms with Crippen LogP contribution in [0.15, 0.2) is 48.5 Å². The number of amides is 2. The van der Waals surface area contributed by atoms with E-state index in [1.54, 1.807) is 0 Å². The van der Waals surface area contributed by atoms with E-state index in [0.717, 1.165) is 46.9 Å². The summed E-state index contributed by atoms with van der Waals surface area (Å²) in [6.07, 6.45) is -9.37. The van der Waals surface area contributed by atoms with Crippen molar-refractivity contribution in [3.05, 3.63) is 80.0 Å². The van der Waals surface area contributed by atoms with Crippen LogP contribution in [0, 0.1) is 0 Å². The molecule has 1 saturated heterocycles. The maximum absolute atomic E-state index is 14.0. The second kappa shape index (κ2) is 12.3. The lowest BCUT2D eigenvalue weighted by atomic mass is 10.2. The summed E-state index contributed by atoms with van der Waals surface area (Å²) < 4.78 is 86.0. The summed E-state index contributed by atoms with van der Waals surface area (Å²) in [5.74, 6) is -1.36. The van der Waals surface area contributed by atoms with Crippen molar-refractivity contribution in [2.24, 2.45) is 0 Å². The van der Waals surface area contributed by atoms with Crippen LogP contribution in [-0.4, -0.2) is 77.0 Å². The molecular weight excluding hydrogens is 741 g/mol. The van der Waals surface area contributed by atoms with Gasteiger partial charge in [0.2, 0.25) is 0 Å². The van der Waals surface area contributed by atoms with Crippen molar-refractivity contribution < 1.29 is 35.9 Å². The number of alkyl halides is 6. The summed E-state index contributed by atoms with van der Waals surface area (Å²) in [4.78, 5) is 39.0. The van der Waals surface area contributed by atoms with E-state index in [1.807, 2.05) is 0 Å². The molecule has 1 aliphatic rings. The molecule has 0 bridgehead atoms. The van der Waals surface area contributed by atoms with E-state index in [2.05, 4.69) is 20.2 Å². The van der Waals surface area contributed by atoms with Gasteiger partial charge in [-0.15, -0.1) is 22.7 Å². The smallest absolute Gasteiger partial charge is 0.335 e. The average molecular weight is 760 g/mol. The topological polar surface area (TPSA) is 101 Å². The van der Waals surface area contributed by atoms with Crippen LogP contribution in [0.3, 0.4) is 0 Å². The fraction of sp³-hybridized carbons (Fsp3) is 0.241. The SMILES string of the molecule is O=C(c1cc2nc(-c3ccc(Cl)s3)cc(C(F)(F)F)n2n1)N1CCCN(C(=O)c2cc3nc(-c4ccc(Cl)s4)cc(C(F)(F)F)n3n2)CC1. The minimum Gasteiger partial charge on any atom is -0.335 e. The Morgan fingerprint density at radius 1 is 0.633 bits per heavy atom. The number of thiophene rings is 2. The van der Waals surface area contributed by atoms with Crippen LogP contribution in [0.4, 0.5) is 26.3 Å². The highest BCUT2D eigenvalue weighted by atomic mass is 35.5. The van der Waals surface area contributed by atoms with E-state index in [-0.39, 0.29) is 66.7 Å². The molecule has 7 rings (SSSR count). The van der Waals surface area contributed by atoms with Gasteiger partial charge < -0.3 is 9.80 Å². The van der Waals surface area contributed by atoms with Crippen LogP contribution in [0.2, 0.25) is 8.67 Å². The zero-order valence-electron chi connectivity index (χ0n) is 24.4.